The van der Waals surface area contributed by atoms with Gasteiger partial charge in [0, 0.05) is 61.8 Å². The molecule has 0 aliphatic carbocycles. The van der Waals surface area contributed by atoms with Crippen LogP contribution < -0.4 is 25.5 Å². The third kappa shape index (κ3) is 7.62. The zero-order valence-electron chi connectivity index (χ0n) is 26.0. The molecule has 2 N–H and O–H groups in total. The standard InChI is InChI=1S/C35H45N5O2/c1-7-38-41-34-28(13-11-23-36)17-15-25(5)31(34)33(27-19-21-30(22-20-27)40(9-3)10-4)32-26(6)16-18-29(14-12-24-37)35(32)42-39-8-2/h15-22,33,38-39H,7-14H2,1-6H3. The Bertz CT molecular complexity index is 1300. The number of nitriles is 2. The largest absolute Gasteiger partial charge is 0.408 e. The summed E-state index contributed by atoms with van der Waals surface area (Å²) in [5.41, 5.74) is 14.6. The molecule has 7 heteroatoms. The molecule has 0 heterocycles. The Morgan fingerprint density at radius 1 is 0.690 bits per heavy atom. The monoisotopic (exact) mass is 567 g/mol. The number of hydrogen-bond acceptors (Lipinski definition) is 7. The van der Waals surface area contributed by atoms with Crippen LogP contribution in [-0.4, -0.2) is 26.2 Å². The average molecular weight is 568 g/mol. The molecular weight excluding hydrogens is 522 g/mol. The summed E-state index contributed by atoms with van der Waals surface area (Å²) in [5.74, 6) is 1.27. The molecule has 0 aromatic heterocycles. The first-order valence-electron chi connectivity index (χ1n) is 15.1. The lowest BCUT2D eigenvalue weighted by Gasteiger charge is -2.29. The van der Waals surface area contributed by atoms with Crippen molar-refractivity contribution in [3.63, 3.8) is 0 Å². The van der Waals surface area contributed by atoms with Gasteiger partial charge in [0.05, 0.1) is 12.1 Å². The topological polar surface area (TPSA) is 93.3 Å². The van der Waals surface area contributed by atoms with Crippen molar-refractivity contribution in [1.29, 1.82) is 10.5 Å². The van der Waals surface area contributed by atoms with E-state index in [1.165, 1.54) is 5.69 Å². The van der Waals surface area contributed by atoms with Crippen molar-refractivity contribution < 1.29 is 9.68 Å². The highest BCUT2D eigenvalue weighted by Gasteiger charge is 2.30. The van der Waals surface area contributed by atoms with Crippen LogP contribution in [0, 0.1) is 36.5 Å². The summed E-state index contributed by atoms with van der Waals surface area (Å²) in [6.45, 7) is 15.7. The molecule has 222 valence electrons. The molecular formula is C35H45N5O2. The number of rotatable bonds is 16. The van der Waals surface area contributed by atoms with Crippen molar-refractivity contribution in [3.05, 3.63) is 87.5 Å². The Morgan fingerprint density at radius 2 is 1.14 bits per heavy atom. The van der Waals surface area contributed by atoms with E-state index in [-0.39, 0.29) is 5.92 Å². The molecule has 0 amide bonds. The predicted molar refractivity (Wildman–Crippen MR) is 170 cm³/mol. The number of hydrogen-bond donors (Lipinski definition) is 2. The first-order chi connectivity index (χ1) is 20.4. The lowest BCUT2D eigenvalue weighted by molar-refractivity contribution is 0.194. The minimum absolute atomic E-state index is 0.234. The first kappa shape index (κ1) is 32.5. The Labute approximate surface area is 252 Å². The van der Waals surface area contributed by atoms with Gasteiger partial charge >= 0.3 is 0 Å². The van der Waals surface area contributed by atoms with E-state index in [0.29, 0.717) is 38.8 Å². The number of hydroxylamine groups is 2. The van der Waals surface area contributed by atoms with Crippen LogP contribution in [0.2, 0.25) is 0 Å². The van der Waals surface area contributed by atoms with Gasteiger partial charge in [-0.2, -0.15) is 21.5 Å². The van der Waals surface area contributed by atoms with Gasteiger partial charge in [0.25, 0.3) is 0 Å². The van der Waals surface area contributed by atoms with Crippen molar-refractivity contribution in [2.24, 2.45) is 0 Å². The van der Waals surface area contributed by atoms with Crippen LogP contribution in [0.4, 0.5) is 5.69 Å². The number of nitrogens with one attached hydrogen (secondary N) is 2. The van der Waals surface area contributed by atoms with Gasteiger partial charge in [-0.3, -0.25) is 0 Å². The van der Waals surface area contributed by atoms with Crippen LogP contribution in [0.15, 0.2) is 48.5 Å². The molecule has 7 nitrogen and oxygen atoms in total. The molecule has 0 radical (unpaired) electrons. The Kier molecular flexibility index (Phi) is 12.7. The van der Waals surface area contributed by atoms with Crippen molar-refractivity contribution in [2.45, 2.75) is 73.1 Å². The summed E-state index contributed by atoms with van der Waals surface area (Å²) < 4.78 is 0. The maximum atomic E-state index is 9.39. The zero-order chi connectivity index (χ0) is 30.5. The minimum atomic E-state index is -0.234. The van der Waals surface area contributed by atoms with E-state index in [9.17, 15) is 10.5 Å². The van der Waals surface area contributed by atoms with Gasteiger partial charge in [0.1, 0.15) is 0 Å². The van der Waals surface area contributed by atoms with E-state index in [4.69, 9.17) is 9.68 Å². The smallest absolute Gasteiger partial charge is 0.154 e. The third-order valence-electron chi connectivity index (χ3n) is 7.57. The highest BCUT2D eigenvalue weighted by molar-refractivity contribution is 5.62. The highest BCUT2D eigenvalue weighted by Crippen LogP contribution is 2.46. The maximum absolute atomic E-state index is 9.39. The molecule has 0 atom stereocenters. The predicted octanol–water partition coefficient (Wildman–Crippen LogP) is 7.05. The van der Waals surface area contributed by atoms with Gasteiger partial charge < -0.3 is 14.6 Å². The van der Waals surface area contributed by atoms with Gasteiger partial charge in [0.15, 0.2) is 11.5 Å². The van der Waals surface area contributed by atoms with Crippen molar-refractivity contribution in [1.82, 2.24) is 11.0 Å². The summed E-state index contributed by atoms with van der Waals surface area (Å²) in [4.78, 5) is 14.9. The second-order valence-electron chi connectivity index (χ2n) is 10.3. The van der Waals surface area contributed by atoms with Gasteiger partial charge in [0.2, 0.25) is 0 Å². The Hall–Kier alpha value is -4.04. The van der Waals surface area contributed by atoms with Crippen molar-refractivity contribution in [2.75, 3.05) is 31.1 Å². The molecule has 3 aromatic carbocycles. The summed E-state index contributed by atoms with van der Waals surface area (Å²) in [7, 11) is 0. The Balaban J connectivity index is 2.41. The van der Waals surface area contributed by atoms with Crippen LogP contribution in [-0.2, 0) is 12.8 Å². The molecule has 0 aliphatic heterocycles. The van der Waals surface area contributed by atoms with Crippen LogP contribution in [0.3, 0.4) is 0 Å². The summed E-state index contributed by atoms with van der Waals surface area (Å²) in [6.07, 6.45) is 1.96. The number of benzene rings is 3. The molecule has 3 aromatic rings. The minimum Gasteiger partial charge on any atom is -0.408 e. The molecule has 42 heavy (non-hydrogen) atoms. The van der Waals surface area contributed by atoms with Gasteiger partial charge in [-0.1, -0.05) is 36.4 Å². The molecule has 3 rings (SSSR count). The van der Waals surface area contributed by atoms with E-state index in [1.807, 2.05) is 13.8 Å². The maximum Gasteiger partial charge on any atom is 0.154 e. The fourth-order valence-corrected chi connectivity index (χ4v) is 5.45. The van der Waals surface area contributed by atoms with Crippen molar-refractivity contribution in [3.8, 4) is 23.6 Å². The molecule has 0 fully saturated rings. The lowest BCUT2D eigenvalue weighted by Crippen LogP contribution is -2.23. The van der Waals surface area contributed by atoms with Crippen LogP contribution >= 0.6 is 0 Å². The average Bonchev–Trinajstić information content (AvgIpc) is 3.01. The summed E-state index contributed by atoms with van der Waals surface area (Å²) in [6, 6.07) is 21.7. The molecule has 0 aliphatic rings. The molecule has 0 saturated heterocycles. The van der Waals surface area contributed by atoms with E-state index < -0.39 is 0 Å². The van der Waals surface area contributed by atoms with E-state index in [2.05, 4.69) is 104 Å². The van der Waals surface area contributed by atoms with Gasteiger partial charge in [-0.25, -0.2) is 0 Å². The van der Waals surface area contributed by atoms with Gasteiger partial charge in [-0.15, -0.1) is 0 Å². The van der Waals surface area contributed by atoms with Gasteiger partial charge in [-0.05, 0) is 94.3 Å². The van der Waals surface area contributed by atoms with Crippen LogP contribution in [0.1, 0.15) is 85.4 Å². The number of nitrogens with zero attached hydrogens (tertiary/aromatic N) is 3. The second-order valence-corrected chi connectivity index (χ2v) is 10.3. The molecule has 0 saturated carbocycles. The normalized spacial score (nSPS) is 10.8. The van der Waals surface area contributed by atoms with E-state index in [0.717, 1.165) is 63.5 Å². The third-order valence-corrected chi connectivity index (χ3v) is 7.57. The fraction of sp³-hybridized carbons (Fsp3) is 0.429. The zero-order valence-corrected chi connectivity index (χ0v) is 26.0. The highest BCUT2D eigenvalue weighted by atomic mass is 16.6. The molecule has 0 unspecified atom stereocenters. The van der Waals surface area contributed by atoms with Crippen LogP contribution in [0.5, 0.6) is 11.5 Å². The summed E-state index contributed by atoms with van der Waals surface area (Å²) in [5, 5.41) is 18.8. The lowest BCUT2D eigenvalue weighted by atomic mass is 9.78. The number of anilines is 1. The van der Waals surface area contributed by atoms with Crippen molar-refractivity contribution >= 4 is 5.69 Å². The fourth-order valence-electron chi connectivity index (χ4n) is 5.45. The second kappa shape index (κ2) is 16.4. The SMILES string of the molecule is CCNOc1c(CCC#N)ccc(C)c1C(c1ccc(N(CC)CC)cc1)c1c(C)ccc(CCC#N)c1ONCC. The van der Waals surface area contributed by atoms with Crippen LogP contribution in [0.25, 0.3) is 0 Å². The first-order valence-corrected chi connectivity index (χ1v) is 15.1. The summed E-state index contributed by atoms with van der Waals surface area (Å²) >= 11 is 0. The molecule has 0 spiro atoms. The molecule has 0 bridgehead atoms. The quantitative estimate of drug-likeness (QED) is 0.142. The number of aryl methyl sites for hydroxylation is 4. The van der Waals surface area contributed by atoms with E-state index >= 15 is 0 Å². The Morgan fingerprint density at radius 3 is 1.52 bits per heavy atom. The van der Waals surface area contributed by atoms with E-state index in [1.54, 1.807) is 0 Å².